The van der Waals surface area contributed by atoms with Gasteiger partial charge in [0.1, 0.15) is 19.0 Å². The van der Waals surface area contributed by atoms with Gasteiger partial charge >= 0.3 is 5.97 Å². The Morgan fingerprint density at radius 1 is 1.07 bits per heavy atom. The summed E-state index contributed by atoms with van der Waals surface area (Å²) in [6.45, 7) is 0.367. The Hall–Kier alpha value is -3.81. The minimum Gasteiger partial charge on any atom is -0.496 e. The predicted octanol–water partition coefficient (Wildman–Crippen LogP) is 1.98. The number of hydrogen-bond acceptors (Lipinski definition) is 7. The molecule has 29 heavy (non-hydrogen) atoms. The first-order chi connectivity index (χ1) is 14.1. The predicted molar refractivity (Wildman–Crippen MR) is 103 cm³/mol. The van der Waals surface area contributed by atoms with E-state index in [0.29, 0.717) is 36.0 Å². The molecule has 1 aliphatic heterocycles. The van der Waals surface area contributed by atoms with E-state index < -0.39 is 24.4 Å². The molecule has 0 bridgehead atoms. The van der Waals surface area contributed by atoms with E-state index in [-0.39, 0.29) is 5.56 Å². The average molecular weight is 397 g/mol. The Labute approximate surface area is 167 Å². The summed E-state index contributed by atoms with van der Waals surface area (Å²) in [7, 11) is 1.42. The normalized spacial score (nSPS) is 12.3. The largest absolute Gasteiger partial charge is 0.496 e. The van der Waals surface area contributed by atoms with Gasteiger partial charge in [-0.15, -0.1) is 0 Å². The molecule has 2 aromatic rings. The minimum atomic E-state index is -0.748. The van der Waals surface area contributed by atoms with E-state index in [1.165, 1.54) is 25.3 Å². The summed E-state index contributed by atoms with van der Waals surface area (Å²) in [5.41, 5.74) is 0.912. The van der Waals surface area contributed by atoms with Crippen LogP contribution in [-0.2, 0) is 14.3 Å². The van der Waals surface area contributed by atoms with Crippen LogP contribution in [0.3, 0.4) is 0 Å². The molecule has 0 saturated heterocycles. The van der Waals surface area contributed by atoms with E-state index in [4.69, 9.17) is 18.9 Å². The number of ether oxygens (including phenoxy) is 4. The summed E-state index contributed by atoms with van der Waals surface area (Å²) >= 11 is 0. The number of benzene rings is 2. The van der Waals surface area contributed by atoms with Crippen LogP contribution < -0.4 is 19.5 Å². The number of carbonyl (C=O) groups is 3. The van der Waals surface area contributed by atoms with E-state index in [2.05, 4.69) is 5.32 Å². The second kappa shape index (κ2) is 9.41. The van der Waals surface area contributed by atoms with Gasteiger partial charge in [0.25, 0.3) is 11.8 Å². The first-order valence-electron chi connectivity index (χ1n) is 8.78. The lowest BCUT2D eigenvalue weighted by atomic mass is 10.2. The fraction of sp³-hybridized carbons (Fsp3) is 0.190. The van der Waals surface area contributed by atoms with E-state index >= 15 is 0 Å². The quantitative estimate of drug-likeness (QED) is 0.588. The van der Waals surface area contributed by atoms with Gasteiger partial charge in [0, 0.05) is 6.08 Å². The lowest BCUT2D eigenvalue weighted by Crippen LogP contribution is -2.34. The van der Waals surface area contributed by atoms with Gasteiger partial charge in [-0.05, 0) is 35.9 Å². The van der Waals surface area contributed by atoms with Gasteiger partial charge in [-0.3, -0.25) is 14.9 Å². The lowest BCUT2D eigenvalue weighted by molar-refractivity contribution is -0.143. The first kappa shape index (κ1) is 19.9. The maximum absolute atomic E-state index is 12.1. The zero-order valence-electron chi connectivity index (χ0n) is 15.7. The van der Waals surface area contributed by atoms with Crippen molar-refractivity contribution in [3.63, 3.8) is 0 Å². The Kier molecular flexibility index (Phi) is 6.47. The summed E-state index contributed by atoms with van der Waals surface area (Å²) in [5.74, 6) is -0.539. The summed E-state index contributed by atoms with van der Waals surface area (Å²) in [6, 6.07) is 11.7. The molecule has 8 heteroatoms. The second-order valence-corrected chi connectivity index (χ2v) is 5.92. The Morgan fingerprint density at radius 2 is 1.83 bits per heavy atom. The maximum Gasteiger partial charge on any atom is 0.331 e. The van der Waals surface area contributed by atoms with Crippen LogP contribution in [-0.4, -0.2) is 44.7 Å². The van der Waals surface area contributed by atoms with Gasteiger partial charge in [-0.25, -0.2) is 4.79 Å². The molecule has 8 nitrogen and oxygen atoms in total. The maximum atomic E-state index is 12.1. The fourth-order valence-corrected chi connectivity index (χ4v) is 2.57. The van der Waals surface area contributed by atoms with Crippen molar-refractivity contribution in [1.29, 1.82) is 0 Å². The molecule has 0 spiro atoms. The topological polar surface area (TPSA) is 100 Å². The molecular formula is C21H19NO7. The number of rotatable bonds is 6. The number of methoxy groups -OCH3 is 1. The summed E-state index contributed by atoms with van der Waals surface area (Å²) < 4.78 is 20.8. The number of hydrogen-bond donors (Lipinski definition) is 1. The van der Waals surface area contributed by atoms with E-state index in [1.807, 2.05) is 0 Å². The van der Waals surface area contributed by atoms with Crippen LogP contribution >= 0.6 is 0 Å². The number of nitrogens with one attached hydrogen (secondary N) is 1. The molecule has 0 radical (unpaired) electrons. The zero-order chi connectivity index (χ0) is 20.6. The minimum absolute atomic E-state index is 0.202. The van der Waals surface area contributed by atoms with Crippen LogP contribution in [0.2, 0.25) is 0 Å². The third kappa shape index (κ3) is 5.35. The molecule has 3 rings (SSSR count). The van der Waals surface area contributed by atoms with Crippen molar-refractivity contribution in [2.75, 3.05) is 26.9 Å². The number of para-hydroxylation sites is 1. The van der Waals surface area contributed by atoms with E-state index in [9.17, 15) is 14.4 Å². The molecule has 0 aliphatic carbocycles. The number of esters is 1. The lowest BCUT2D eigenvalue weighted by Gasteiger charge is -2.18. The summed E-state index contributed by atoms with van der Waals surface area (Å²) in [4.78, 5) is 35.8. The van der Waals surface area contributed by atoms with Crippen molar-refractivity contribution in [2.45, 2.75) is 0 Å². The Morgan fingerprint density at radius 3 is 2.62 bits per heavy atom. The highest BCUT2D eigenvalue weighted by Gasteiger charge is 2.15. The Bertz CT molecular complexity index is 952. The molecule has 0 fully saturated rings. The molecule has 0 atom stereocenters. The molecule has 0 saturated carbocycles. The summed E-state index contributed by atoms with van der Waals surface area (Å²) in [6.07, 6.45) is 2.71. The van der Waals surface area contributed by atoms with Crippen LogP contribution in [0.25, 0.3) is 6.08 Å². The van der Waals surface area contributed by atoms with Gasteiger partial charge in [0.15, 0.2) is 18.1 Å². The van der Waals surface area contributed by atoms with E-state index in [0.717, 1.165) is 0 Å². The highest BCUT2D eigenvalue weighted by atomic mass is 16.6. The molecule has 1 N–H and O–H groups in total. The van der Waals surface area contributed by atoms with Crippen molar-refractivity contribution in [3.8, 4) is 17.2 Å². The molecule has 150 valence electrons. The third-order valence-electron chi connectivity index (χ3n) is 3.93. The van der Waals surface area contributed by atoms with Gasteiger partial charge in [-0.2, -0.15) is 0 Å². The molecule has 2 amide bonds. The van der Waals surface area contributed by atoms with Gasteiger partial charge in [-0.1, -0.05) is 18.2 Å². The van der Waals surface area contributed by atoms with Gasteiger partial charge < -0.3 is 18.9 Å². The highest BCUT2D eigenvalue weighted by Crippen LogP contribution is 2.31. The van der Waals surface area contributed by atoms with Crippen LogP contribution in [0.1, 0.15) is 15.9 Å². The van der Waals surface area contributed by atoms with Crippen molar-refractivity contribution in [3.05, 3.63) is 59.7 Å². The molecule has 0 aromatic heterocycles. The van der Waals surface area contributed by atoms with Crippen molar-refractivity contribution in [2.24, 2.45) is 0 Å². The smallest absolute Gasteiger partial charge is 0.331 e. The standard InChI is InChI=1S/C21H19NO7/c1-26-16-5-3-2-4-15(16)21(25)22-19(23)13-29-20(24)9-7-14-6-8-17-18(12-14)28-11-10-27-17/h2-9,12H,10-11,13H2,1H3,(H,22,23,25)/b9-7+. The molecule has 2 aromatic carbocycles. The van der Waals surface area contributed by atoms with Crippen LogP contribution in [0.5, 0.6) is 17.2 Å². The number of imide groups is 1. The fourth-order valence-electron chi connectivity index (χ4n) is 2.57. The first-order valence-corrected chi connectivity index (χ1v) is 8.78. The second-order valence-electron chi connectivity index (χ2n) is 5.92. The van der Waals surface area contributed by atoms with Crippen molar-refractivity contribution < 1.29 is 33.3 Å². The van der Waals surface area contributed by atoms with E-state index in [1.54, 1.807) is 36.4 Å². The molecular weight excluding hydrogens is 378 g/mol. The van der Waals surface area contributed by atoms with Gasteiger partial charge in [0.2, 0.25) is 0 Å². The molecule has 0 unspecified atom stereocenters. The average Bonchev–Trinajstić information content (AvgIpc) is 2.76. The Balaban J connectivity index is 1.49. The molecule has 1 heterocycles. The van der Waals surface area contributed by atoms with Crippen molar-refractivity contribution >= 4 is 23.9 Å². The molecule has 1 aliphatic rings. The van der Waals surface area contributed by atoms with Crippen LogP contribution in [0, 0.1) is 0 Å². The SMILES string of the molecule is COc1ccccc1C(=O)NC(=O)COC(=O)/C=C/c1ccc2c(c1)OCCO2. The number of amides is 2. The van der Waals surface area contributed by atoms with Crippen LogP contribution in [0.15, 0.2) is 48.5 Å². The monoisotopic (exact) mass is 397 g/mol. The number of carbonyl (C=O) groups excluding carboxylic acids is 3. The third-order valence-corrected chi connectivity index (χ3v) is 3.93. The van der Waals surface area contributed by atoms with Crippen molar-refractivity contribution in [1.82, 2.24) is 5.32 Å². The zero-order valence-corrected chi connectivity index (χ0v) is 15.7. The number of fused-ring (bicyclic) bond motifs is 1. The van der Waals surface area contributed by atoms with Crippen LogP contribution in [0.4, 0.5) is 0 Å². The summed E-state index contributed by atoms with van der Waals surface area (Å²) in [5, 5.41) is 2.14. The highest BCUT2D eigenvalue weighted by molar-refractivity contribution is 6.06. The van der Waals surface area contributed by atoms with Gasteiger partial charge in [0.05, 0.1) is 12.7 Å².